The summed E-state index contributed by atoms with van der Waals surface area (Å²) in [5, 5.41) is 2.22. The zero-order valence-electron chi connectivity index (χ0n) is 13.1. The average Bonchev–Trinajstić information content (AvgIpc) is 3.09. The zero-order valence-corrected chi connectivity index (χ0v) is 13.1. The van der Waals surface area contributed by atoms with Crippen molar-refractivity contribution in [2.24, 2.45) is 0 Å². The molecule has 0 atom stereocenters. The van der Waals surface area contributed by atoms with Crippen LogP contribution in [0.2, 0.25) is 0 Å². The van der Waals surface area contributed by atoms with Crippen molar-refractivity contribution in [3.05, 3.63) is 47.9 Å². The molecular formula is C18H19N3O. The van der Waals surface area contributed by atoms with Crippen LogP contribution in [0.15, 0.2) is 41.1 Å². The molecule has 0 spiro atoms. The molecule has 3 heterocycles. The fourth-order valence-corrected chi connectivity index (χ4v) is 3.07. The van der Waals surface area contributed by atoms with Crippen molar-refractivity contribution in [1.29, 1.82) is 0 Å². The van der Waals surface area contributed by atoms with Crippen LogP contribution in [-0.4, -0.2) is 23.6 Å². The maximum absolute atomic E-state index is 6.15. The summed E-state index contributed by atoms with van der Waals surface area (Å²) in [7, 11) is 2.07. The third kappa shape index (κ3) is 1.87. The molecule has 22 heavy (non-hydrogen) atoms. The largest absolute Gasteiger partial charge is 0.435 e. The van der Waals surface area contributed by atoms with Gasteiger partial charge in [0.25, 0.3) is 0 Å². The summed E-state index contributed by atoms with van der Waals surface area (Å²) in [4.78, 5) is 9.00. The second kappa shape index (κ2) is 4.77. The van der Waals surface area contributed by atoms with E-state index in [0.717, 1.165) is 46.5 Å². The number of anilines is 1. The van der Waals surface area contributed by atoms with Crippen molar-refractivity contribution in [1.82, 2.24) is 9.88 Å². The number of pyridine rings is 1. The molecule has 0 aliphatic carbocycles. The number of aryl methyl sites for hydroxylation is 2. The highest BCUT2D eigenvalue weighted by atomic mass is 16.3. The van der Waals surface area contributed by atoms with Gasteiger partial charge >= 0.3 is 0 Å². The Labute approximate surface area is 129 Å². The highest BCUT2D eigenvalue weighted by Gasteiger charge is 2.20. The molecule has 4 heteroatoms. The molecule has 0 saturated heterocycles. The molecule has 3 aromatic rings. The Kier molecular flexibility index (Phi) is 2.86. The average molecular weight is 293 g/mol. The van der Waals surface area contributed by atoms with Gasteiger partial charge in [0.15, 0.2) is 5.58 Å². The lowest BCUT2D eigenvalue weighted by atomic mass is 10.1. The van der Waals surface area contributed by atoms with Crippen LogP contribution < -0.4 is 4.90 Å². The van der Waals surface area contributed by atoms with Gasteiger partial charge in [0.05, 0.1) is 12.4 Å². The van der Waals surface area contributed by atoms with Crippen molar-refractivity contribution < 1.29 is 4.42 Å². The normalized spacial score (nSPS) is 14.7. The molecular weight excluding hydrogens is 274 g/mol. The number of furan rings is 1. The van der Waals surface area contributed by atoms with Crippen LogP contribution in [0.1, 0.15) is 18.2 Å². The van der Waals surface area contributed by atoms with Gasteiger partial charge in [-0.25, -0.2) is 4.98 Å². The highest BCUT2D eigenvalue weighted by Crippen LogP contribution is 2.37. The van der Waals surface area contributed by atoms with Crippen LogP contribution in [0.4, 0.5) is 5.69 Å². The Balaban J connectivity index is 1.99. The molecule has 0 radical (unpaired) electrons. The van der Waals surface area contributed by atoms with Gasteiger partial charge in [0.2, 0.25) is 5.71 Å². The molecule has 1 aliphatic rings. The van der Waals surface area contributed by atoms with Crippen molar-refractivity contribution in [3.8, 4) is 0 Å². The van der Waals surface area contributed by atoms with Crippen LogP contribution >= 0.6 is 0 Å². The van der Waals surface area contributed by atoms with Crippen molar-refractivity contribution in [2.45, 2.75) is 20.3 Å². The molecule has 0 amide bonds. The zero-order chi connectivity index (χ0) is 15.3. The first-order valence-electron chi connectivity index (χ1n) is 7.64. The molecule has 0 fully saturated rings. The van der Waals surface area contributed by atoms with E-state index in [1.54, 1.807) is 0 Å². The molecule has 1 aliphatic heterocycles. The number of fused-ring (bicyclic) bond motifs is 3. The topological polar surface area (TPSA) is 32.5 Å². The van der Waals surface area contributed by atoms with Gasteiger partial charge in [-0.2, -0.15) is 0 Å². The Morgan fingerprint density at radius 1 is 1.14 bits per heavy atom. The first kappa shape index (κ1) is 13.2. The van der Waals surface area contributed by atoms with E-state index in [4.69, 9.17) is 4.42 Å². The molecule has 1 aromatic carbocycles. The minimum Gasteiger partial charge on any atom is -0.435 e. The van der Waals surface area contributed by atoms with Crippen LogP contribution in [0.5, 0.6) is 0 Å². The summed E-state index contributed by atoms with van der Waals surface area (Å²) in [6, 6.07) is 8.50. The molecule has 0 saturated carbocycles. The predicted molar refractivity (Wildman–Crippen MR) is 89.9 cm³/mol. The van der Waals surface area contributed by atoms with E-state index in [9.17, 15) is 0 Å². The molecule has 0 bridgehead atoms. The van der Waals surface area contributed by atoms with Gasteiger partial charge in [0.1, 0.15) is 0 Å². The minimum absolute atomic E-state index is 0.734. The maximum Gasteiger partial charge on any atom is 0.227 e. The summed E-state index contributed by atoms with van der Waals surface area (Å²) in [6.07, 6.45) is 5.09. The number of hydrogen-bond donors (Lipinski definition) is 0. The summed E-state index contributed by atoms with van der Waals surface area (Å²) in [6.45, 7) is 5.07. The van der Waals surface area contributed by atoms with E-state index in [0.29, 0.717) is 0 Å². The number of benzene rings is 1. The van der Waals surface area contributed by atoms with Gasteiger partial charge in [0, 0.05) is 35.9 Å². The molecule has 0 unspecified atom stereocenters. The van der Waals surface area contributed by atoms with E-state index in [1.807, 2.05) is 0 Å². The van der Waals surface area contributed by atoms with Crippen molar-refractivity contribution in [3.63, 3.8) is 0 Å². The van der Waals surface area contributed by atoms with E-state index >= 15 is 0 Å². The monoisotopic (exact) mass is 293 g/mol. The molecule has 112 valence electrons. The fraction of sp³-hybridized carbons (Fsp3) is 0.278. The van der Waals surface area contributed by atoms with Gasteiger partial charge in [-0.3, -0.25) is 0 Å². The lowest BCUT2D eigenvalue weighted by molar-refractivity contribution is 0.495. The SMILES string of the molecule is CCc1ccc2c(n1)oc1c(N3C=CN(C)C3)c(C)ccc12. The Morgan fingerprint density at radius 3 is 2.68 bits per heavy atom. The van der Waals surface area contributed by atoms with E-state index in [2.05, 4.69) is 72.3 Å². The number of rotatable bonds is 2. The van der Waals surface area contributed by atoms with Crippen LogP contribution in [0.25, 0.3) is 22.1 Å². The number of aromatic nitrogens is 1. The highest BCUT2D eigenvalue weighted by molar-refractivity contribution is 6.08. The van der Waals surface area contributed by atoms with Crippen molar-refractivity contribution in [2.75, 3.05) is 18.6 Å². The molecule has 0 N–H and O–H groups in total. The van der Waals surface area contributed by atoms with Crippen LogP contribution in [0.3, 0.4) is 0 Å². The smallest absolute Gasteiger partial charge is 0.227 e. The summed E-state index contributed by atoms with van der Waals surface area (Å²) < 4.78 is 6.15. The second-order valence-corrected chi connectivity index (χ2v) is 5.89. The molecule has 4 rings (SSSR count). The minimum atomic E-state index is 0.734. The standard InChI is InChI=1S/C18H19N3O/c1-4-13-6-8-15-14-7-5-12(2)16(17(14)22-18(15)19-13)21-10-9-20(3)11-21/h5-10H,4,11H2,1-3H3. The van der Waals surface area contributed by atoms with E-state index in [1.165, 1.54) is 5.56 Å². The lowest BCUT2D eigenvalue weighted by Gasteiger charge is -2.20. The van der Waals surface area contributed by atoms with Gasteiger partial charge < -0.3 is 14.2 Å². The first-order valence-corrected chi connectivity index (χ1v) is 7.64. The Bertz CT molecular complexity index is 894. The molecule has 2 aromatic heterocycles. The maximum atomic E-state index is 6.15. The number of nitrogens with zero attached hydrogens (tertiary/aromatic N) is 3. The van der Waals surface area contributed by atoms with E-state index < -0.39 is 0 Å². The quantitative estimate of drug-likeness (QED) is 0.714. The van der Waals surface area contributed by atoms with E-state index in [-0.39, 0.29) is 0 Å². The number of hydrogen-bond acceptors (Lipinski definition) is 4. The Hall–Kier alpha value is -2.49. The second-order valence-electron chi connectivity index (χ2n) is 5.89. The summed E-state index contributed by atoms with van der Waals surface area (Å²) in [5.74, 6) is 0. The third-order valence-electron chi connectivity index (χ3n) is 4.27. The van der Waals surface area contributed by atoms with Gasteiger partial charge in [-0.15, -0.1) is 0 Å². The Morgan fingerprint density at radius 2 is 1.95 bits per heavy atom. The summed E-state index contributed by atoms with van der Waals surface area (Å²) >= 11 is 0. The predicted octanol–water partition coefficient (Wildman–Crippen LogP) is 4.03. The third-order valence-corrected chi connectivity index (χ3v) is 4.27. The van der Waals surface area contributed by atoms with Gasteiger partial charge in [-0.1, -0.05) is 19.1 Å². The fourth-order valence-electron chi connectivity index (χ4n) is 3.07. The lowest BCUT2D eigenvalue weighted by Crippen LogP contribution is -2.22. The summed E-state index contributed by atoms with van der Waals surface area (Å²) in [5.41, 5.74) is 5.07. The van der Waals surface area contributed by atoms with Crippen molar-refractivity contribution >= 4 is 27.8 Å². The van der Waals surface area contributed by atoms with Gasteiger partial charge in [-0.05, 0) is 31.0 Å². The molecule has 4 nitrogen and oxygen atoms in total. The first-order chi connectivity index (χ1) is 10.7. The van der Waals surface area contributed by atoms with Crippen LogP contribution in [-0.2, 0) is 6.42 Å². The van der Waals surface area contributed by atoms with Crippen LogP contribution in [0, 0.1) is 6.92 Å².